The molecule has 0 spiro atoms. The second kappa shape index (κ2) is 15.0. The second-order valence-corrected chi connectivity index (χ2v) is 15.6. The van der Waals surface area contributed by atoms with Gasteiger partial charge in [0.25, 0.3) is 11.8 Å². The highest BCUT2D eigenvalue weighted by Gasteiger charge is 2.57. The number of carbonyl (C=O) groups is 5. The number of carbonyl (C=O) groups excluding carboxylic acids is 5. The van der Waals surface area contributed by atoms with Crippen LogP contribution in [0.1, 0.15) is 56.5 Å². The number of aromatic nitrogens is 1. The summed E-state index contributed by atoms with van der Waals surface area (Å²) in [5.41, 5.74) is -1.73. The Kier molecular flexibility index (Phi) is 10.6. The van der Waals surface area contributed by atoms with Crippen molar-refractivity contribution in [2.75, 3.05) is 25.0 Å². The first-order valence-electron chi connectivity index (χ1n) is 16.6. The van der Waals surface area contributed by atoms with Crippen molar-refractivity contribution in [3.63, 3.8) is 0 Å². The molecule has 6 rings (SSSR count). The molecule has 20 heteroatoms. The van der Waals surface area contributed by atoms with Crippen LogP contribution in [0.25, 0.3) is 0 Å². The van der Waals surface area contributed by atoms with E-state index >= 15 is 0 Å². The summed E-state index contributed by atoms with van der Waals surface area (Å²) in [6.45, 7) is 4.68. The molecular weight excluding hydrogens is 749 g/mol. The first-order chi connectivity index (χ1) is 25.5. The van der Waals surface area contributed by atoms with Crippen molar-refractivity contribution in [1.29, 1.82) is 0 Å². The first-order valence-corrected chi connectivity index (χ1v) is 18.9. The molecule has 2 saturated heterocycles. The van der Waals surface area contributed by atoms with Crippen LogP contribution in [-0.4, -0.2) is 106 Å². The van der Waals surface area contributed by atoms with Gasteiger partial charge in [-0.1, -0.05) is 65.8 Å². The van der Waals surface area contributed by atoms with Gasteiger partial charge in [-0.05, 0) is 31.9 Å². The Bertz CT molecular complexity index is 2030. The Balaban J connectivity index is 1.26. The van der Waals surface area contributed by atoms with Crippen molar-refractivity contribution in [2.45, 2.75) is 63.0 Å². The maximum absolute atomic E-state index is 13.9. The molecule has 54 heavy (non-hydrogen) atoms. The molecule has 0 bridgehead atoms. The minimum Gasteiger partial charge on any atom is -0.450 e. The standard InChI is InChI=1S/C34H36N6O12S2/c1-33(2,3)51-31(44)37-30-35-22(19-53-30)24(27(41)36-25-23(18-39-16-17-49-32(39)45)40(28(25)42)54(46,47)48)38-52-34(14-15-34)29(43)50-26(20-10-6-4-7-11-20)21-12-8-5-9-13-21/h4-13,19,23,25-26H,14-18H2,1-3H3,(H,36,41)(H,35,37,44)(H,46,47,48)/b38-24-/t23-,25+/m1/s1. The van der Waals surface area contributed by atoms with Crippen LogP contribution in [0.2, 0.25) is 0 Å². The Labute approximate surface area is 313 Å². The van der Waals surface area contributed by atoms with Gasteiger partial charge in [0.05, 0.1) is 12.6 Å². The largest absolute Gasteiger partial charge is 0.450 e. The molecule has 2 aromatic carbocycles. The molecule has 3 aliphatic rings. The Hall–Kier alpha value is -5.60. The summed E-state index contributed by atoms with van der Waals surface area (Å²) in [5.74, 6) is -3.05. The van der Waals surface area contributed by atoms with Crippen LogP contribution in [0.3, 0.4) is 0 Å². The number of nitrogens with zero attached hydrogens (tertiary/aromatic N) is 4. The van der Waals surface area contributed by atoms with Crippen molar-refractivity contribution >= 4 is 62.5 Å². The molecule has 1 saturated carbocycles. The SMILES string of the molecule is CC(C)(C)OC(=O)Nc1nc(/C(=N/OC2(C(=O)OC(c3ccccc3)c3ccccc3)CC2)C(=O)N[C@@H]2C(=O)N(S(=O)(=O)O)[C@@H]2CN2CCOC2=O)cs1. The molecule has 286 valence electrons. The summed E-state index contributed by atoms with van der Waals surface area (Å²) in [5, 5.41) is 10.2. The smallest absolute Gasteiger partial charge is 0.413 e. The van der Waals surface area contributed by atoms with Gasteiger partial charge in [0.1, 0.15) is 23.9 Å². The molecule has 18 nitrogen and oxygen atoms in total. The third-order valence-electron chi connectivity index (χ3n) is 8.34. The van der Waals surface area contributed by atoms with Crippen LogP contribution in [0.5, 0.6) is 0 Å². The number of β-lactam (4-membered cyclic amide) rings is 1. The zero-order valence-corrected chi connectivity index (χ0v) is 30.8. The molecule has 3 aromatic rings. The van der Waals surface area contributed by atoms with Gasteiger partial charge in [-0.25, -0.2) is 23.7 Å². The Morgan fingerprint density at radius 3 is 2.24 bits per heavy atom. The summed E-state index contributed by atoms with van der Waals surface area (Å²) >= 11 is 0.897. The number of esters is 1. The van der Waals surface area contributed by atoms with Gasteiger partial charge in [0.15, 0.2) is 16.9 Å². The van der Waals surface area contributed by atoms with Gasteiger partial charge in [-0.15, -0.1) is 11.3 Å². The van der Waals surface area contributed by atoms with E-state index in [-0.39, 0.29) is 41.1 Å². The summed E-state index contributed by atoms with van der Waals surface area (Å²) in [6, 6.07) is 15.1. The number of benzene rings is 2. The van der Waals surface area contributed by atoms with E-state index in [0.717, 1.165) is 16.2 Å². The van der Waals surface area contributed by atoms with Crippen molar-refractivity contribution < 1.29 is 56.0 Å². The highest BCUT2D eigenvalue weighted by Crippen LogP contribution is 2.43. The molecule has 1 aromatic heterocycles. The van der Waals surface area contributed by atoms with Crippen LogP contribution in [0.4, 0.5) is 14.7 Å². The fourth-order valence-corrected chi connectivity index (χ4v) is 7.13. The molecule has 3 heterocycles. The molecule has 4 amide bonds. The summed E-state index contributed by atoms with van der Waals surface area (Å²) in [7, 11) is -5.08. The lowest BCUT2D eigenvalue weighted by Crippen LogP contribution is -2.74. The number of hydrogen-bond donors (Lipinski definition) is 3. The minimum absolute atomic E-state index is 0.00319. The van der Waals surface area contributed by atoms with E-state index in [9.17, 15) is 36.9 Å². The van der Waals surface area contributed by atoms with Gasteiger partial charge in [-0.3, -0.25) is 19.5 Å². The summed E-state index contributed by atoms with van der Waals surface area (Å²) in [6.07, 6.45) is -2.04. The number of nitrogens with one attached hydrogen (secondary N) is 2. The third kappa shape index (κ3) is 8.61. The fourth-order valence-electron chi connectivity index (χ4n) is 5.58. The molecular formula is C34H36N6O12S2. The normalized spacial score (nSPS) is 19.5. The number of anilines is 1. The average Bonchev–Trinajstić information content (AvgIpc) is 3.59. The van der Waals surface area contributed by atoms with Gasteiger partial charge in [-0.2, -0.15) is 8.42 Å². The van der Waals surface area contributed by atoms with Crippen LogP contribution in [0, 0.1) is 0 Å². The molecule has 0 radical (unpaired) electrons. The number of cyclic esters (lactones) is 1. The Morgan fingerprint density at radius 1 is 1.07 bits per heavy atom. The van der Waals surface area contributed by atoms with Gasteiger partial charge in [0.2, 0.25) is 5.60 Å². The van der Waals surface area contributed by atoms with Gasteiger partial charge >= 0.3 is 28.5 Å². The van der Waals surface area contributed by atoms with Crippen molar-refractivity contribution in [2.24, 2.45) is 5.16 Å². The minimum atomic E-state index is -5.08. The molecule has 1 aliphatic carbocycles. The number of ether oxygens (including phenoxy) is 3. The quantitative estimate of drug-likeness (QED) is 0.0566. The van der Waals surface area contributed by atoms with Crippen LogP contribution in [0.15, 0.2) is 71.2 Å². The molecule has 2 aliphatic heterocycles. The first kappa shape index (κ1) is 38.1. The zero-order chi connectivity index (χ0) is 38.8. The number of rotatable bonds is 13. The number of thiazole rings is 1. The molecule has 2 atom stereocenters. The highest BCUT2D eigenvalue weighted by molar-refractivity contribution is 7.84. The maximum atomic E-state index is 13.9. The second-order valence-electron chi connectivity index (χ2n) is 13.5. The predicted octanol–water partition coefficient (Wildman–Crippen LogP) is 3.03. The lowest BCUT2D eigenvalue weighted by Gasteiger charge is -2.45. The van der Waals surface area contributed by atoms with Crippen molar-refractivity contribution in [3.05, 3.63) is 82.9 Å². The summed E-state index contributed by atoms with van der Waals surface area (Å²) in [4.78, 5) is 76.3. The number of hydrogen-bond acceptors (Lipinski definition) is 14. The van der Waals surface area contributed by atoms with Crippen molar-refractivity contribution in [3.8, 4) is 0 Å². The van der Waals surface area contributed by atoms with E-state index in [1.165, 1.54) is 5.38 Å². The van der Waals surface area contributed by atoms with Crippen LogP contribution >= 0.6 is 11.3 Å². The van der Waals surface area contributed by atoms with E-state index in [0.29, 0.717) is 11.1 Å². The zero-order valence-electron chi connectivity index (χ0n) is 29.2. The van der Waals surface area contributed by atoms with Gasteiger partial charge in [0, 0.05) is 24.8 Å². The topological polar surface area (TPSA) is 232 Å². The number of oxime groups is 1. The van der Waals surface area contributed by atoms with E-state index in [2.05, 4.69) is 20.8 Å². The predicted molar refractivity (Wildman–Crippen MR) is 189 cm³/mol. The van der Waals surface area contributed by atoms with Crippen LogP contribution in [-0.2, 0) is 43.7 Å². The number of amides is 4. The molecule has 0 unspecified atom stereocenters. The molecule has 3 N–H and O–H groups in total. The fraction of sp³-hybridized carbons (Fsp3) is 0.382. The van der Waals surface area contributed by atoms with E-state index < -0.39 is 81.9 Å². The maximum Gasteiger partial charge on any atom is 0.413 e. The third-order valence-corrected chi connectivity index (χ3v) is 10.0. The molecule has 3 fully saturated rings. The Morgan fingerprint density at radius 2 is 1.70 bits per heavy atom. The van der Waals surface area contributed by atoms with Gasteiger partial charge < -0.3 is 29.3 Å². The average molecular weight is 785 g/mol. The van der Waals surface area contributed by atoms with Crippen LogP contribution < -0.4 is 10.6 Å². The van der Waals surface area contributed by atoms with E-state index in [1.807, 2.05) is 36.4 Å². The van der Waals surface area contributed by atoms with E-state index in [1.54, 1.807) is 45.0 Å². The highest BCUT2D eigenvalue weighted by atomic mass is 32.2. The van der Waals surface area contributed by atoms with E-state index in [4.69, 9.17) is 19.0 Å². The summed E-state index contributed by atoms with van der Waals surface area (Å²) < 4.78 is 50.1. The lowest BCUT2D eigenvalue weighted by atomic mass is 9.97. The monoisotopic (exact) mass is 784 g/mol. The lowest BCUT2D eigenvalue weighted by molar-refractivity contribution is -0.164. The van der Waals surface area contributed by atoms with Crippen molar-refractivity contribution in [1.82, 2.24) is 19.5 Å².